The number of nitrogens with two attached hydrogens (primary N) is 2. The second kappa shape index (κ2) is 6.45. The molecular formula is C24H31N5O. The van der Waals surface area contributed by atoms with Crippen LogP contribution < -0.4 is 16.4 Å². The van der Waals surface area contributed by atoms with Crippen molar-refractivity contribution < 1.29 is 4.79 Å². The Morgan fingerprint density at radius 3 is 2.43 bits per heavy atom. The fourth-order valence-corrected chi connectivity index (χ4v) is 5.42. The van der Waals surface area contributed by atoms with Gasteiger partial charge in [-0.25, -0.2) is 4.98 Å². The normalized spacial score (nSPS) is 20.1. The molecule has 30 heavy (non-hydrogen) atoms. The third-order valence-corrected chi connectivity index (χ3v) is 7.25. The first-order chi connectivity index (χ1) is 14.2. The number of amides is 1. The van der Waals surface area contributed by atoms with Gasteiger partial charge in [-0.15, -0.1) is 0 Å². The van der Waals surface area contributed by atoms with Crippen LogP contribution in [0, 0.1) is 10.8 Å². The van der Waals surface area contributed by atoms with Gasteiger partial charge in [0.15, 0.2) is 5.65 Å². The van der Waals surface area contributed by atoms with Crippen molar-refractivity contribution in [2.45, 2.75) is 46.5 Å². The molecule has 2 aromatic heterocycles. The molecule has 6 heteroatoms. The van der Waals surface area contributed by atoms with Crippen LogP contribution in [0.15, 0.2) is 24.3 Å². The molecule has 3 heterocycles. The van der Waals surface area contributed by atoms with Gasteiger partial charge in [-0.3, -0.25) is 9.20 Å². The maximum atomic E-state index is 12.6. The van der Waals surface area contributed by atoms with Crippen LogP contribution in [-0.4, -0.2) is 34.9 Å². The largest absolute Gasteiger partial charge is 0.365 e. The molecule has 1 aliphatic carbocycles. The fourth-order valence-electron chi connectivity index (χ4n) is 5.42. The van der Waals surface area contributed by atoms with E-state index >= 15 is 0 Å². The van der Waals surface area contributed by atoms with Crippen LogP contribution in [-0.2, 0) is 12.8 Å². The van der Waals surface area contributed by atoms with E-state index in [-0.39, 0.29) is 16.7 Å². The molecule has 0 radical (unpaired) electrons. The molecule has 1 aliphatic heterocycles. The summed E-state index contributed by atoms with van der Waals surface area (Å²) in [6.07, 6.45) is 3.91. The third kappa shape index (κ3) is 2.81. The van der Waals surface area contributed by atoms with E-state index in [4.69, 9.17) is 16.5 Å². The van der Waals surface area contributed by atoms with Crippen LogP contribution >= 0.6 is 0 Å². The molecule has 3 aromatic rings. The average molecular weight is 406 g/mol. The van der Waals surface area contributed by atoms with Crippen molar-refractivity contribution in [1.82, 2.24) is 9.38 Å². The Labute approximate surface area is 177 Å². The highest BCUT2D eigenvalue weighted by Gasteiger charge is 2.39. The lowest BCUT2D eigenvalue weighted by Crippen LogP contribution is -2.43. The molecule has 0 atom stereocenters. The number of piperidine rings is 1. The summed E-state index contributed by atoms with van der Waals surface area (Å²) in [5.74, 6) is 0.813. The summed E-state index contributed by atoms with van der Waals surface area (Å²) >= 11 is 0. The van der Waals surface area contributed by atoms with Gasteiger partial charge in [0.25, 0.3) is 5.91 Å². The molecule has 1 fully saturated rings. The summed E-state index contributed by atoms with van der Waals surface area (Å²) in [5, 5.41) is 0. The Morgan fingerprint density at radius 1 is 1.10 bits per heavy atom. The Morgan fingerprint density at radius 2 is 1.77 bits per heavy atom. The van der Waals surface area contributed by atoms with Crippen molar-refractivity contribution in [3.8, 4) is 0 Å². The number of carbonyl (C=O) groups excluding carboxylic acids is 1. The van der Waals surface area contributed by atoms with Gasteiger partial charge in [-0.05, 0) is 66.3 Å². The van der Waals surface area contributed by atoms with Crippen LogP contribution in [0.5, 0.6) is 0 Å². The van der Waals surface area contributed by atoms with Crippen LogP contribution in [0.1, 0.15) is 55.1 Å². The summed E-state index contributed by atoms with van der Waals surface area (Å²) < 4.78 is 2.20. The zero-order valence-electron chi connectivity index (χ0n) is 18.2. The van der Waals surface area contributed by atoms with Crippen molar-refractivity contribution in [1.29, 1.82) is 0 Å². The first-order valence-corrected chi connectivity index (χ1v) is 10.9. The molecule has 6 nitrogen and oxygen atoms in total. The van der Waals surface area contributed by atoms with Crippen LogP contribution in [0.4, 0.5) is 5.82 Å². The summed E-state index contributed by atoms with van der Waals surface area (Å²) in [5.41, 5.74) is 17.9. The lowest BCUT2D eigenvalue weighted by Gasteiger charge is -2.40. The number of primary amides is 1. The number of hydrogen-bond donors (Lipinski definition) is 2. The molecule has 158 valence electrons. The molecule has 5 rings (SSSR count). The standard InChI is InChI=1S/C24H31N5O/c1-23(2)12-15-16(13-23)22(28-10-8-24(3,14-25)9-11-28)29-18-7-5-4-6-17(18)27-21(29)19(15)20(26)30/h4-7H,8-14,25H2,1-3H3,(H2,26,30). The summed E-state index contributed by atoms with van der Waals surface area (Å²) in [6.45, 7) is 9.46. The zero-order valence-corrected chi connectivity index (χ0v) is 18.2. The Balaban J connectivity index is 1.81. The minimum atomic E-state index is -0.384. The fraction of sp³-hybridized carbons (Fsp3) is 0.500. The number of benzene rings is 1. The molecule has 0 saturated carbocycles. The highest BCUT2D eigenvalue weighted by Crippen LogP contribution is 2.46. The van der Waals surface area contributed by atoms with E-state index in [0.717, 1.165) is 61.9 Å². The van der Waals surface area contributed by atoms with E-state index in [2.05, 4.69) is 36.1 Å². The van der Waals surface area contributed by atoms with Gasteiger partial charge in [0.1, 0.15) is 5.82 Å². The lowest BCUT2D eigenvalue weighted by atomic mass is 9.80. The number of carbonyl (C=O) groups is 1. The summed E-state index contributed by atoms with van der Waals surface area (Å²) in [4.78, 5) is 20.0. The van der Waals surface area contributed by atoms with E-state index in [0.29, 0.717) is 11.2 Å². The topological polar surface area (TPSA) is 89.7 Å². The monoisotopic (exact) mass is 405 g/mol. The maximum Gasteiger partial charge on any atom is 0.252 e. The van der Waals surface area contributed by atoms with Crippen LogP contribution in [0.25, 0.3) is 16.7 Å². The summed E-state index contributed by atoms with van der Waals surface area (Å²) in [6, 6.07) is 8.11. The third-order valence-electron chi connectivity index (χ3n) is 7.25. The molecule has 0 unspecified atom stereocenters. The smallest absolute Gasteiger partial charge is 0.252 e. The van der Waals surface area contributed by atoms with Crippen molar-refractivity contribution in [3.63, 3.8) is 0 Å². The first kappa shape index (κ1) is 19.4. The van der Waals surface area contributed by atoms with E-state index in [1.54, 1.807) is 0 Å². The van der Waals surface area contributed by atoms with Crippen molar-refractivity contribution in [3.05, 3.63) is 41.0 Å². The highest BCUT2D eigenvalue weighted by molar-refractivity contribution is 6.04. The van der Waals surface area contributed by atoms with Gasteiger partial charge in [0, 0.05) is 13.1 Å². The van der Waals surface area contributed by atoms with Gasteiger partial charge >= 0.3 is 0 Å². The number of pyridine rings is 1. The molecule has 1 aromatic carbocycles. The van der Waals surface area contributed by atoms with Gasteiger partial charge in [-0.2, -0.15) is 0 Å². The van der Waals surface area contributed by atoms with E-state index < -0.39 is 0 Å². The highest BCUT2D eigenvalue weighted by atomic mass is 16.1. The Kier molecular flexibility index (Phi) is 4.16. The van der Waals surface area contributed by atoms with E-state index in [1.807, 2.05) is 18.2 Å². The average Bonchev–Trinajstić information content (AvgIpc) is 3.22. The van der Waals surface area contributed by atoms with Gasteiger partial charge in [-0.1, -0.05) is 32.9 Å². The SMILES string of the molecule is CC1(C)Cc2c(c(N3CCC(C)(CN)CC3)n3c(nc4ccccc43)c2C(N)=O)C1. The molecule has 1 saturated heterocycles. The quantitative estimate of drug-likeness (QED) is 0.700. The van der Waals surface area contributed by atoms with Gasteiger partial charge in [0.05, 0.1) is 16.6 Å². The number of anilines is 1. The van der Waals surface area contributed by atoms with Gasteiger partial charge in [0.2, 0.25) is 0 Å². The predicted molar refractivity (Wildman–Crippen MR) is 121 cm³/mol. The van der Waals surface area contributed by atoms with Crippen molar-refractivity contribution in [2.75, 3.05) is 24.5 Å². The van der Waals surface area contributed by atoms with Crippen molar-refractivity contribution >= 4 is 28.4 Å². The second-order valence-corrected chi connectivity index (χ2v) is 10.3. The van der Waals surface area contributed by atoms with E-state index in [9.17, 15) is 4.79 Å². The first-order valence-electron chi connectivity index (χ1n) is 10.9. The van der Waals surface area contributed by atoms with E-state index in [1.165, 1.54) is 11.4 Å². The minimum Gasteiger partial charge on any atom is -0.365 e. The number of para-hydroxylation sites is 2. The van der Waals surface area contributed by atoms with Gasteiger partial charge < -0.3 is 16.4 Å². The molecule has 0 spiro atoms. The zero-order chi connectivity index (χ0) is 21.3. The number of rotatable bonds is 3. The summed E-state index contributed by atoms with van der Waals surface area (Å²) in [7, 11) is 0. The molecule has 2 aliphatic rings. The number of nitrogens with zero attached hydrogens (tertiary/aromatic N) is 3. The van der Waals surface area contributed by atoms with Crippen LogP contribution in [0.3, 0.4) is 0 Å². The molecular weight excluding hydrogens is 374 g/mol. The van der Waals surface area contributed by atoms with Crippen molar-refractivity contribution in [2.24, 2.45) is 22.3 Å². The Hall–Kier alpha value is -2.60. The molecule has 4 N–H and O–H groups in total. The molecule has 0 bridgehead atoms. The number of fused-ring (bicyclic) bond motifs is 4. The Bertz CT molecular complexity index is 1170. The lowest BCUT2D eigenvalue weighted by molar-refractivity contribution is 0.100. The predicted octanol–water partition coefficient (Wildman–Crippen LogP) is 3.28. The van der Waals surface area contributed by atoms with Crippen LogP contribution in [0.2, 0.25) is 0 Å². The number of aromatic nitrogens is 2. The number of hydrogen-bond acceptors (Lipinski definition) is 4. The minimum absolute atomic E-state index is 0.0952. The number of imidazole rings is 1. The second-order valence-electron chi connectivity index (χ2n) is 10.3. The maximum absolute atomic E-state index is 12.6. The molecule has 1 amide bonds.